The summed E-state index contributed by atoms with van der Waals surface area (Å²) in [5, 5.41) is 2.73. The number of amides is 1. The van der Waals surface area contributed by atoms with E-state index in [9.17, 15) is 17.6 Å². The summed E-state index contributed by atoms with van der Waals surface area (Å²) < 4.78 is 40.6. The molecule has 0 unspecified atom stereocenters. The fourth-order valence-corrected chi connectivity index (χ4v) is 4.29. The Hall–Kier alpha value is -2.29. The van der Waals surface area contributed by atoms with E-state index in [1.54, 1.807) is 12.1 Å². The maximum Gasteiger partial charge on any atom is 0.282 e. The Balaban J connectivity index is 1.56. The van der Waals surface area contributed by atoms with E-state index < -0.39 is 10.2 Å². The van der Waals surface area contributed by atoms with Gasteiger partial charge in [0.25, 0.3) is 10.2 Å². The molecule has 1 saturated heterocycles. The molecule has 26 heavy (non-hydrogen) atoms. The lowest BCUT2D eigenvalue weighted by molar-refractivity contribution is -0.121. The molecule has 0 atom stereocenters. The molecule has 1 amide bonds. The van der Waals surface area contributed by atoms with Crippen molar-refractivity contribution < 1.29 is 17.6 Å². The van der Waals surface area contributed by atoms with E-state index in [1.165, 1.54) is 16.4 Å². The van der Waals surface area contributed by atoms with E-state index in [4.69, 9.17) is 0 Å². The molecule has 2 aromatic rings. The lowest BCUT2D eigenvalue weighted by Crippen LogP contribution is -2.40. The van der Waals surface area contributed by atoms with Gasteiger partial charge in [0.05, 0.1) is 6.54 Å². The fraction of sp³-hybridized carbons (Fsp3) is 0.278. The minimum atomic E-state index is -3.70. The number of benzene rings is 2. The summed E-state index contributed by atoms with van der Waals surface area (Å²) >= 11 is 0. The van der Waals surface area contributed by atoms with Crippen LogP contribution < -0.4 is 5.32 Å². The Kier molecular flexibility index (Phi) is 5.65. The number of rotatable bonds is 6. The highest BCUT2D eigenvalue weighted by Crippen LogP contribution is 2.19. The second-order valence-corrected chi connectivity index (χ2v) is 7.99. The van der Waals surface area contributed by atoms with Gasteiger partial charge in [-0.2, -0.15) is 17.0 Å². The zero-order valence-electron chi connectivity index (χ0n) is 14.1. The van der Waals surface area contributed by atoms with Crippen LogP contribution in [-0.2, 0) is 28.1 Å². The van der Waals surface area contributed by atoms with Crippen molar-refractivity contribution in [2.24, 2.45) is 0 Å². The summed E-state index contributed by atoms with van der Waals surface area (Å²) in [5.41, 5.74) is 1.65. The van der Waals surface area contributed by atoms with Crippen molar-refractivity contribution in [3.8, 4) is 0 Å². The SMILES string of the molecule is O=C(CN1CCN(Cc2ccc(F)cc2)S1(=O)=O)NCc1ccccc1. The van der Waals surface area contributed by atoms with Crippen LogP contribution in [0.1, 0.15) is 11.1 Å². The molecule has 1 heterocycles. The molecule has 1 fully saturated rings. The van der Waals surface area contributed by atoms with Gasteiger partial charge in [-0.3, -0.25) is 4.79 Å². The highest BCUT2D eigenvalue weighted by atomic mass is 32.2. The van der Waals surface area contributed by atoms with Crippen LogP contribution in [0, 0.1) is 5.82 Å². The second-order valence-electron chi connectivity index (χ2n) is 6.06. The number of halogens is 1. The van der Waals surface area contributed by atoms with Crippen molar-refractivity contribution in [2.45, 2.75) is 13.1 Å². The van der Waals surface area contributed by atoms with E-state index in [1.807, 2.05) is 30.3 Å². The molecule has 2 aromatic carbocycles. The average Bonchev–Trinajstić information content (AvgIpc) is 2.90. The Bertz CT molecular complexity index is 857. The number of carbonyl (C=O) groups is 1. The van der Waals surface area contributed by atoms with E-state index >= 15 is 0 Å². The van der Waals surface area contributed by atoms with Gasteiger partial charge in [0.1, 0.15) is 5.82 Å². The summed E-state index contributed by atoms with van der Waals surface area (Å²) in [5.74, 6) is -0.712. The first-order chi connectivity index (χ1) is 12.4. The first-order valence-corrected chi connectivity index (χ1v) is 9.65. The van der Waals surface area contributed by atoms with Gasteiger partial charge in [-0.1, -0.05) is 42.5 Å². The molecular formula is C18H20FN3O3S. The number of carbonyl (C=O) groups excluding carboxylic acids is 1. The van der Waals surface area contributed by atoms with Crippen LogP contribution in [0.3, 0.4) is 0 Å². The molecule has 138 valence electrons. The van der Waals surface area contributed by atoms with Crippen LogP contribution >= 0.6 is 0 Å². The van der Waals surface area contributed by atoms with Crippen molar-refractivity contribution in [1.82, 2.24) is 13.9 Å². The van der Waals surface area contributed by atoms with Crippen LogP contribution in [0.5, 0.6) is 0 Å². The average molecular weight is 377 g/mol. The normalized spacial score (nSPS) is 17.3. The lowest BCUT2D eigenvalue weighted by Gasteiger charge is -2.18. The van der Waals surface area contributed by atoms with Crippen molar-refractivity contribution in [3.63, 3.8) is 0 Å². The van der Waals surface area contributed by atoms with E-state index in [0.717, 1.165) is 9.87 Å². The Morgan fingerprint density at radius 2 is 1.62 bits per heavy atom. The van der Waals surface area contributed by atoms with Crippen molar-refractivity contribution in [3.05, 3.63) is 71.5 Å². The third-order valence-corrected chi connectivity index (χ3v) is 6.10. The van der Waals surface area contributed by atoms with Crippen LogP contribution in [0.2, 0.25) is 0 Å². The Morgan fingerprint density at radius 3 is 2.31 bits per heavy atom. The molecule has 1 aliphatic rings. The number of hydrogen-bond acceptors (Lipinski definition) is 3. The van der Waals surface area contributed by atoms with Crippen LogP contribution in [-0.4, -0.2) is 42.6 Å². The highest BCUT2D eigenvalue weighted by Gasteiger charge is 2.37. The molecular weight excluding hydrogens is 357 g/mol. The maximum absolute atomic E-state index is 13.0. The second kappa shape index (κ2) is 7.94. The van der Waals surface area contributed by atoms with Gasteiger partial charge in [-0.25, -0.2) is 4.39 Å². The van der Waals surface area contributed by atoms with E-state index in [0.29, 0.717) is 18.7 Å². The molecule has 1 N–H and O–H groups in total. The molecule has 0 bridgehead atoms. The summed E-state index contributed by atoms with van der Waals surface area (Å²) in [7, 11) is -3.70. The van der Waals surface area contributed by atoms with Crippen molar-refractivity contribution >= 4 is 16.1 Å². The van der Waals surface area contributed by atoms with Crippen molar-refractivity contribution in [2.75, 3.05) is 19.6 Å². The first kappa shape index (κ1) is 18.5. The molecule has 3 rings (SSSR count). The van der Waals surface area contributed by atoms with Gasteiger partial charge in [-0.05, 0) is 23.3 Å². The molecule has 0 spiro atoms. The number of nitrogens with zero attached hydrogens (tertiary/aromatic N) is 2. The number of nitrogens with one attached hydrogen (secondary N) is 1. The van der Waals surface area contributed by atoms with Gasteiger partial charge in [0, 0.05) is 26.2 Å². The zero-order chi connectivity index (χ0) is 18.6. The summed E-state index contributed by atoms with van der Waals surface area (Å²) in [6.45, 7) is 0.848. The van der Waals surface area contributed by atoms with E-state index in [2.05, 4.69) is 5.32 Å². The maximum atomic E-state index is 13.0. The van der Waals surface area contributed by atoms with Gasteiger partial charge < -0.3 is 5.32 Å². The fourth-order valence-electron chi connectivity index (χ4n) is 2.74. The summed E-state index contributed by atoms with van der Waals surface area (Å²) in [6.07, 6.45) is 0. The quantitative estimate of drug-likeness (QED) is 0.830. The molecule has 6 nitrogen and oxygen atoms in total. The molecule has 0 saturated carbocycles. The topological polar surface area (TPSA) is 69.7 Å². The van der Waals surface area contributed by atoms with E-state index in [-0.39, 0.29) is 31.4 Å². The Labute approximate surface area is 152 Å². The predicted molar refractivity (Wildman–Crippen MR) is 95.6 cm³/mol. The van der Waals surface area contributed by atoms with Crippen LogP contribution in [0.4, 0.5) is 4.39 Å². The molecule has 0 aliphatic carbocycles. The zero-order valence-corrected chi connectivity index (χ0v) is 15.0. The molecule has 1 aliphatic heterocycles. The van der Waals surface area contributed by atoms with Gasteiger partial charge >= 0.3 is 0 Å². The van der Waals surface area contributed by atoms with Gasteiger partial charge in [-0.15, -0.1) is 0 Å². The molecule has 0 radical (unpaired) electrons. The highest BCUT2D eigenvalue weighted by molar-refractivity contribution is 7.87. The lowest BCUT2D eigenvalue weighted by atomic mass is 10.2. The monoisotopic (exact) mass is 377 g/mol. The summed E-state index contributed by atoms with van der Waals surface area (Å²) in [6, 6.07) is 15.1. The minimum Gasteiger partial charge on any atom is -0.351 e. The van der Waals surface area contributed by atoms with Gasteiger partial charge in [0.2, 0.25) is 5.91 Å². The molecule has 0 aromatic heterocycles. The standard InChI is InChI=1S/C18H20FN3O3S/c19-17-8-6-16(7-9-17)13-21-10-11-22(26(21,24)25)14-18(23)20-12-15-4-2-1-3-5-15/h1-9H,10-14H2,(H,20,23). The number of hydrogen-bond donors (Lipinski definition) is 1. The van der Waals surface area contributed by atoms with Crippen LogP contribution in [0.25, 0.3) is 0 Å². The smallest absolute Gasteiger partial charge is 0.282 e. The summed E-state index contributed by atoms with van der Waals surface area (Å²) in [4.78, 5) is 12.1. The predicted octanol–water partition coefficient (Wildman–Crippen LogP) is 1.50. The van der Waals surface area contributed by atoms with Crippen molar-refractivity contribution in [1.29, 1.82) is 0 Å². The molecule has 8 heteroatoms. The van der Waals surface area contributed by atoms with Crippen LogP contribution in [0.15, 0.2) is 54.6 Å². The van der Waals surface area contributed by atoms with Gasteiger partial charge in [0.15, 0.2) is 0 Å². The third kappa shape index (κ3) is 4.46. The largest absolute Gasteiger partial charge is 0.351 e. The third-order valence-electron chi connectivity index (χ3n) is 4.18. The first-order valence-electron chi connectivity index (χ1n) is 8.25. The Morgan fingerprint density at radius 1 is 0.962 bits per heavy atom. The minimum absolute atomic E-state index is 0.157.